The molecule has 0 nitrogen and oxygen atoms in total. The van der Waals surface area contributed by atoms with Crippen molar-refractivity contribution >= 4 is 43.1 Å². The van der Waals surface area contributed by atoms with Crippen LogP contribution in [-0.2, 0) is 5.41 Å². The van der Waals surface area contributed by atoms with E-state index in [0.717, 1.165) is 0 Å². The van der Waals surface area contributed by atoms with E-state index in [-0.39, 0.29) is 5.41 Å². The minimum absolute atomic E-state index is 0.0403. The third kappa shape index (κ3) is 3.44. The molecule has 8 aromatic rings. The smallest absolute Gasteiger partial charge is 0.0159 e. The zero-order chi connectivity index (χ0) is 28.7. The van der Waals surface area contributed by atoms with E-state index >= 15 is 0 Å². The summed E-state index contributed by atoms with van der Waals surface area (Å²) >= 11 is 0. The Morgan fingerprint density at radius 2 is 0.814 bits per heavy atom. The van der Waals surface area contributed by atoms with Crippen LogP contribution in [0.2, 0.25) is 0 Å². The molecule has 8 aromatic carbocycles. The van der Waals surface area contributed by atoms with Gasteiger partial charge in [0.05, 0.1) is 0 Å². The number of hydrogen-bond acceptors (Lipinski definition) is 0. The lowest BCUT2D eigenvalue weighted by molar-refractivity contribution is 0.660. The first kappa shape index (κ1) is 24.4. The van der Waals surface area contributed by atoms with Gasteiger partial charge in [-0.3, -0.25) is 0 Å². The van der Waals surface area contributed by atoms with Crippen LogP contribution in [0.4, 0.5) is 0 Å². The fraction of sp³-hybridized carbons (Fsp3) is 0.0698. The molecule has 43 heavy (non-hydrogen) atoms. The van der Waals surface area contributed by atoms with Crippen molar-refractivity contribution < 1.29 is 0 Å². The first-order valence-corrected chi connectivity index (χ1v) is 15.2. The second kappa shape index (κ2) is 8.90. The predicted octanol–water partition coefficient (Wildman–Crippen LogP) is 11.9. The topological polar surface area (TPSA) is 0 Å². The molecule has 0 heteroatoms. The van der Waals surface area contributed by atoms with Crippen LogP contribution >= 0.6 is 0 Å². The summed E-state index contributed by atoms with van der Waals surface area (Å²) in [5.74, 6) is 0. The van der Waals surface area contributed by atoms with Gasteiger partial charge in [0, 0.05) is 5.41 Å². The van der Waals surface area contributed by atoms with E-state index in [1.165, 1.54) is 87.6 Å². The van der Waals surface area contributed by atoms with Crippen molar-refractivity contribution in [2.24, 2.45) is 0 Å². The van der Waals surface area contributed by atoms with Crippen molar-refractivity contribution in [2.45, 2.75) is 19.3 Å². The molecule has 0 fully saturated rings. The normalized spacial score (nSPS) is 13.5. The Balaban J connectivity index is 1.34. The summed E-state index contributed by atoms with van der Waals surface area (Å²) in [6.07, 6.45) is 0. The maximum Gasteiger partial charge on any atom is 0.0159 e. The summed E-state index contributed by atoms with van der Waals surface area (Å²) in [5.41, 5.74) is 10.7. The quantitative estimate of drug-likeness (QED) is 0.149. The Labute approximate surface area is 251 Å². The second-order valence-corrected chi connectivity index (χ2v) is 12.5. The van der Waals surface area contributed by atoms with Crippen LogP contribution < -0.4 is 0 Å². The largest absolute Gasteiger partial charge is 0.0619 e. The monoisotopic (exact) mass is 546 g/mol. The highest BCUT2D eigenvalue weighted by molar-refractivity contribution is 6.22. The zero-order valence-electron chi connectivity index (χ0n) is 24.4. The molecule has 0 N–H and O–H groups in total. The highest BCUT2D eigenvalue weighted by atomic mass is 14.4. The van der Waals surface area contributed by atoms with Crippen LogP contribution in [0.25, 0.3) is 76.5 Å². The molecule has 1 aliphatic carbocycles. The van der Waals surface area contributed by atoms with E-state index in [0.29, 0.717) is 0 Å². The zero-order valence-corrected chi connectivity index (χ0v) is 24.4. The standard InChI is InChI=1S/C43H30/c1-43(2)39-18-10-9-13-32(39)33-24-23-30(26-40(33)43)42-36-16-7-5-14-34(36)41(35-15-6-8-17-37(35)42)29-22-21-28-20-19-27-11-3-4-12-31(27)38(28)25-29/h3-26H,1-2H3. The van der Waals surface area contributed by atoms with Gasteiger partial charge in [-0.25, -0.2) is 0 Å². The van der Waals surface area contributed by atoms with Crippen LogP contribution in [0.1, 0.15) is 25.0 Å². The van der Waals surface area contributed by atoms with Gasteiger partial charge in [0.25, 0.3) is 0 Å². The SMILES string of the molecule is CC1(C)c2ccccc2-c2ccc(-c3c4ccccc4c(-c4ccc5ccc6ccccc6c5c4)c4ccccc34)cc21. The first-order chi connectivity index (χ1) is 21.1. The van der Waals surface area contributed by atoms with Crippen LogP contribution in [0.5, 0.6) is 0 Å². The highest BCUT2D eigenvalue weighted by Gasteiger charge is 2.35. The lowest BCUT2D eigenvalue weighted by Gasteiger charge is -2.23. The van der Waals surface area contributed by atoms with Gasteiger partial charge in [-0.1, -0.05) is 147 Å². The lowest BCUT2D eigenvalue weighted by atomic mass is 9.80. The summed E-state index contributed by atoms with van der Waals surface area (Å²) in [5, 5.41) is 10.3. The van der Waals surface area contributed by atoms with E-state index in [2.05, 4.69) is 159 Å². The molecule has 9 rings (SSSR count). The van der Waals surface area contributed by atoms with Crippen molar-refractivity contribution in [1.82, 2.24) is 0 Å². The molecule has 0 saturated heterocycles. The van der Waals surface area contributed by atoms with E-state index < -0.39 is 0 Å². The molecular weight excluding hydrogens is 516 g/mol. The molecule has 0 atom stereocenters. The van der Waals surface area contributed by atoms with E-state index in [1.54, 1.807) is 0 Å². The summed E-state index contributed by atoms with van der Waals surface area (Å²) < 4.78 is 0. The Morgan fingerprint density at radius 1 is 0.349 bits per heavy atom. The van der Waals surface area contributed by atoms with Crippen molar-refractivity contribution in [3.05, 3.63) is 157 Å². The molecule has 0 spiro atoms. The molecule has 0 radical (unpaired) electrons. The van der Waals surface area contributed by atoms with Crippen molar-refractivity contribution in [3.8, 4) is 33.4 Å². The Hall–Kier alpha value is -5.20. The summed E-state index contributed by atoms with van der Waals surface area (Å²) in [6.45, 7) is 4.73. The maximum atomic E-state index is 2.46. The van der Waals surface area contributed by atoms with Crippen LogP contribution in [-0.4, -0.2) is 0 Å². The average molecular weight is 547 g/mol. The van der Waals surface area contributed by atoms with Crippen LogP contribution in [0, 0.1) is 0 Å². The molecule has 0 aliphatic heterocycles. The highest BCUT2D eigenvalue weighted by Crippen LogP contribution is 2.51. The fourth-order valence-corrected chi connectivity index (χ4v) is 7.77. The Bertz CT molecular complexity index is 2360. The molecule has 202 valence electrons. The maximum absolute atomic E-state index is 2.46. The second-order valence-electron chi connectivity index (χ2n) is 12.5. The predicted molar refractivity (Wildman–Crippen MR) is 185 cm³/mol. The average Bonchev–Trinajstić information content (AvgIpc) is 3.29. The van der Waals surface area contributed by atoms with Gasteiger partial charge in [0.15, 0.2) is 0 Å². The van der Waals surface area contributed by atoms with E-state index in [4.69, 9.17) is 0 Å². The van der Waals surface area contributed by atoms with Gasteiger partial charge in [0.2, 0.25) is 0 Å². The molecule has 0 aromatic heterocycles. The first-order valence-electron chi connectivity index (χ1n) is 15.2. The minimum Gasteiger partial charge on any atom is -0.0619 e. The third-order valence-corrected chi connectivity index (χ3v) is 9.84. The van der Waals surface area contributed by atoms with E-state index in [1.807, 2.05) is 0 Å². The Morgan fingerprint density at radius 3 is 1.49 bits per heavy atom. The van der Waals surface area contributed by atoms with Crippen LogP contribution in [0.15, 0.2) is 146 Å². The van der Waals surface area contributed by atoms with Gasteiger partial charge in [0.1, 0.15) is 0 Å². The number of hydrogen-bond donors (Lipinski definition) is 0. The molecule has 0 heterocycles. The van der Waals surface area contributed by atoms with E-state index in [9.17, 15) is 0 Å². The fourth-order valence-electron chi connectivity index (χ4n) is 7.77. The molecule has 0 bridgehead atoms. The van der Waals surface area contributed by atoms with Gasteiger partial charge in [-0.2, -0.15) is 0 Å². The molecule has 1 aliphatic rings. The van der Waals surface area contributed by atoms with Gasteiger partial charge in [-0.15, -0.1) is 0 Å². The van der Waals surface area contributed by atoms with Gasteiger partial charge < -0.3 is 0 Å². The molecule has 0 saturated carbocycles. The summed E-state index contributed by atoms with van der Waals surface area (Å²) in [6, 6.07) is 54.2. The van der Waals surface area contributed by atoms with Crippen molar-refractivity contribution in [3.63, 3.8) is 0 Å². The molecular formula is C43H30. The summed E-state index contributed by atoms with van der Waals surface area (Å²) in [4.78, 5) is 0. The van der Waals surface area contributed by atoms with Gasteiger partial charge in [-0.05, 0) is 99.7 Å². The van der Waals surface area contributed by atoms with Crippen molar-refractivity contribution in [2.75, 3.05) is 0 Å². The lowest BCUT2D eigenvalue weighted by Crippen LogP contribution is -2.14. The third-order valence-electron chi connectivity index (χ3n) is 9.84. The number of benzene rings is 8. The van der Waals surface area contributed by atoms with Crippen molar-refractivity contribution in [1.29, 1.82) is 0 Å². The van der Waals surface area contributed by atoms with Gasteiger partial charge >= 0.3 is 0 Å². The molecule has 0 unspecified atom stereocenters. The Kier molecular flexibility index (Phi) is 5.05. The summed E-state index contributed by atoms with van der Waals surface area (Å²) in [7, 11) is 0. The number of fused-ring (bicyclic) bond motifs is 8. The molecule has 0 amide bonds. The number of rotatable bonds is 2. The van der Waals surface area contributed by atoms with Crippen LogP contribution in [0.3, 0.4) is 0 Å². The minimum atomic E-state index is -0.0403.